The van der Waals surface area contributed by atoms with E-state index in [9.17, 15) is 0 Å². The molecular formula is C18H31N3. The Balaban J connectivity index is 2.14. The minimum Gasteiger partial charge on any atom is -0.326 e. The molecule has 3 nitrogen and oxygen atoms in total. The van der Waals surface area contributed by atoms with Crippen LogP contribution in [0.1, 0.15) is 44.4 Å². The monoisotopic (exact) mass is 289 g/mol. The molecule has 2 rings (SSSR count). The highest BCUT2D eigenvalue weighted by Crippen LogP contribution is 2.29. The first-order valence-electron chi connectivity index (χ1n) is 8.37. The first-order chi connectivity index (χ1) is 10.1. The van der Waals surface area contributed by atoms with Crippen molar-refractivity contribution in [3.05, 3.63) is 35.4 Å². The number of nitrogens with two attached hydrogens (primary N) is 1. The number of nitrogens with zero attached hydrogens (tertiary/aromatic N) is 2. The van der Waals surface area contributed by atoms with E-state index in [4.69, 9.17) is 5.73 Å². The predicted octanol–water partition coefficient (Wildman–Crippen LogP) is 2.80. The lowest BCUT2D eigenvalue weighted by Crippen LogP contribution is -2.41. The van der Waals surface area contributed by atoms with Crippen molar-refractivity contribution in [1.29, 1.82) is 0 Å². The first kappa shape index (κ1) is 16.5. The molecule has 1 heterocycles. The molecular weight excluding hydrogens is 258 g/mol. The molecule has 1 aliphatic heterocycles. The van der Waals surface area contributed by atoms with Crippen molar-refractivity contribution >= 4 is 0 Å². The lowest BCUT2D eigenvalue weighted by molar-refractivity contribution is 0.176. The van der Waals surface area contributed by atoms with Crippen molar-refractivity contribution in [3.8, 4) is 0 Å². The quantitative estimate of drug-likeness (QED) is 0.874. The summed E-state index contributed by atoms with van der Waals surface area (Å²) in [5.74, 6) is 0. The molecule has 21 heavy (non-hydrogen) atoms. The summed E-state index contributed by atoms with van der Waals surface area (Å²) in [5.41, 5.74) is 9.01. The fraction of sp³-hybridized carbons (Fsp3) is 0.667. The van der Waals surface area contributed by atoms with Gasteiger partial charge in [-0.15, -0.1) is 0 Å². The summed E-state index contributed by atoms with van der Waals surface area (Å²) in [6, 6.07) is 10.0. The second-order valence-corrected chi connectivity index (χ2v) is 6.38. The summed E-state index contributed by atoms with van der Waals surface area (Å²) in [6.45, 7) is 13.4. The van der Waals surface area contributed by atoms with Gasteiger partial charge in [-0.1, -0.05) is 43.7 Å². The molecule has 1 aromatic rings. The Bertz CT molecular complexity index is 440. The van der Waals surface area contributed by atoms with Crippen LogP contribution in [0.2, 0.25) is 0 Å². The fourth-order valence-electron chi connectivity index (χ4n) is 3.76. The van der Waals surface area contributed by atoms with Crippen LogP contribution < -0.4 is 5.73 Å². The van der Waals surface area contributed by atoms with Gasteiger partial charge in [-0.25, -0.2) is 0 Å². The summed E-state index contributed by atoms with van der Waals surface area (Å²) in [5, 5.41) is 0. The standard InChI is InChI=1S/C18H31N3/c1-5-20(6-2)17-10-11-21(13-17)18(15(4)19)16-9-7-8-14(3)12-16/h7-9,12,15,17-18H,5-6,10-11,13,19H2,1-4H3. The highest BCUT2D eigenvalue weighted by Gasteiger charge is 2.33. The van der Waals surface area contributed by atoms with Crippen molar-refractivity contribution in [2.75, 3.05) is 26.2 Å². The van der Waals surface area contributed by atoms with E-state index in [1.54, 1.807) is 0 Å². The number of likely N-dealkylation sites (N-methyl/N-ethyl adjacent to an activating group) is 1. The van der Waals surface area contributed by atoms with Crippen molar-refractivity contribution in [1.82, 2.24) is 9.80 Å². The first-order valence-corrected chi connectivity index (χ1v) is 8.37. The van der Waals surface area contributed by atoms with E-state index in [1.807, 2.05) is 0 Å². The van der Waals surface area contributed by atoms with Crippen molar-refractivity contribution in [2.45, 2.75) is 52.2 Å². The minimum atomic E-state index is 0.155. The number of hydrogen-bond donors (Lipinski definition) is 1. The largest absolute Gasteiger partial charge is 0.326 e. The maximum Gasteiger partial charge on any atom is 0.0497 e. The van der Waals surface area contributed by atoms with Gasteiger partial charge < -0.3 is 5.73 Å². The molecule has 0 amide bonds. The van der Waals surface area contributed by atoms with Gasteiger partial charge in [-0.3, -0.25) is 9.80 Å². The Kier molecular flexibility index (Phi) is 5.80. The molecule has 0 saturated carbocycles. The summed E-state index contributed by atoms with van der Waals surface area (Å²) in [6.07, 6.45) is 1.26. The predicted molar refractivity (Wildman–Crippen MR) is 90.5 cm³/mol. The molecule has 0 aliphatic carbocycles. The van der Waals surface area contributed by atoms with E-state index < -0.39 is 0 Å². The zero-order chi connectivity index (χ0) is 15.4. The number of likely N-dealkylation sites (tertiary alicyclic amines) is 1. The number of aryl methyl sites for hydroxylation is 1. The average molecular weight is 289 g/mol. The van der Waals surface area contributed by atoms with Crippen LogP contribution in [0.25, 0.3) is 0 Å². The van der Waals surface area contributed by atoms with Gasteiger partial charge in [0.15, 0.2) is 0 Å². The van der Waals surface area contributed by atoms with E-state index in [-0.39, 0.29) is 6.04 Å². The van der Waals surface area contributed by atoms with E-state index >= 15 is 0 Å². The second kappa shape index (κ2) is 7.39. The molecule has 1 fully saturated rings. The highest BCUT2D eigenvalue weighted by molar-refractivity contribution is 5.26. The summed E-state index contributed by atoms with van der Waals surface area (Å²) in [7, 11) is 0. The summed E-state index contributed by atoms with van der Waals surface area (Å²) in [4.78, 5) is 5.16. The lowest BCUT2D eigenvalue weighted by Gasteiger charge is -2.33. The Morgan fingerprint density at radius 1 is 1.33 bits per heavy atom. The van der Waals surface area contributed by atoms with Gasteiger partial charge in [0.05, 0.1) is 0 Å². The van der Waals surface area contributed by atoms with Crippen LogP contribution >= 0.6 is 0 Å². The Morgan fingerprint density at radius 2 is 2.05 bits per heavy atom. The molecule has 0 radical (unpaired) electrons. The van der Waals surface area contributed by atoms with Crippen LogP contribution in [-0.4, -0.2) is 48.1 Å². The second-order valence-electron chi connectivity index (χ2n) is 6.38. The molecule has 3 atom stereocenters. The van der Waals surface area contributed by atoms with E-state index in [0.717, 1.165) is 26.2 Å². The maximum absolute atomic E-state index is 6.33. The third-order valence-electron chi connectivity index (χ3n) is 4.80. The minimum absolute atomic E-state index is 0.155. The van der Waals surface area contributed by atoms with Gasteiger partial charge in [-0.2, -0.15) is 0 Å². The van der Waals surface area contributed by atoms with Gasteiger partial charge in [0.25, 0.3) is 0 Å². The van der Waals surface area contributed by atoms with Crippen LogP contribution in [0.15, 0.2) is 24.3 Å². The summed E-state index contributed by atoms with van der Waals surface area (Å²) >= 11 is 0. The van der Waals surface area contributed by atoms with Crippen molar-refractivity contribution in [3.63, 3.8) is 0 Å². The smallest absolute Gasteiger partial charge is 0.0497 e. The molecule has 3 heteroatoms. The molecule has 1 saturated heterocycles. The van der Waals surface area contributed by atoms with Gasteiger partial charge in [-0.05, 0) is 38.9 Å². The summed E-state index contributed by atoms with van der Waals surface area (Å²) < 4.78 is 0. The number of hydrogen-bond acceptors (Lipinski definition) is 3. The van der Waals surface area contributed by atoms with Crippen LogP contribution in [0.5, 0.6) is 0 Å². The molecule has 0 aromatic heterocycles. The SMILES string of the molecule is CCN(CC)C1CCN(C(c2cccc(C)c2)C(C)N)C1. The van der Waals surface area contributed by atoms with Crippen LogP contribution in [0, 0.1) is 6.92 Å². The number of rotatable bonds is 6. The van der Waals surface area contributed by atoms with Crippen LogP contribution in [0.3, 0.4) is 0 Å². The molecule has 2 N–H and O–H groups in total. The molecule has 1 aromatic carbocycles. The van der Waals surface area contributed by atoms with Crippen LogP contribution in [-0.2, 0) is 0 Å². The Hall–Kier alpha value is -0.900. The lowest BCUT2D eigenvalue weighted by atomic mass is 9.98. The third-order valence-corrected chi connectivity index (χ3v) is 4.80. The van der Waals surface area contributed by atoms with E-state index in [2.05, 4.69) is 61.8 Å². The third kappa shape index (κ3) is 3.85. The van der Waals surface area contributed by atoms with E-state index in [1.165, 1.54) is 17.5 Å². The highest BCUT2D eigenvalue weighted by atomic mass is 15.3. The maximum atomic E-state index is 6.33. The van der Waals surface area contributed by atoms with Gasteiger partial charge in [0, 0.05) is 31.2 Å². The fourth-order valence-corrected chi connectivity index (χ4v) is 3.76. The molecule has 0 bridgehead atoms. The molecule has 1 aliphatic rings. The Morgan fingerprint density at radius 3 is 2.62 bits per heavy atom. The Labute approximate surface area is 130 Å². The zero-order valence-electron chi connectivity index (χ0n) is 14.0. The molecule has 0 spiro atoms. The molecule has 3 unspecified atom stereocenters. The molecule has 118 valence electrons. The van der Waals surface area contributed by atoms with Crippen LogP contribution in [0.4, 0.5) is 0 Å². The van der Waals surface area contributed by atoms with Gasteiger partial charge in [0.2, 0.25) is 0 Å². The van der Waals surface area contributed by atoms with Crippen molar-refractivity contribution < 1.29 is 0 Å². The van der Waals surface area contributed by atoms with E-state index in [0.29, 0.717) is 12.1 Å². The zero-order valence-corrected chi connectivity index (χ0v) is 14.0. The number of benzene rings is 1. The van der Waals surface area contributed by atoms with Gasteiger partial charge >= 0.3 is 0 Å². The topological polar surface area (TPSA) is 32.5 Å². The van der Waals surface area contributed by atoms with Crippen molar-refractivity contribution in [2.24, 2.45) is 5.73 Å². The van der Waals surface area contributed by atoms with Gasteiger partial charge in [0.1, 0.15) is 0 Å². The average Bonchev–Trinajstić information content (AvgIpc) is 2.89. The normalized spacial score (nSPS) is 22.7.